The first kappa shape index (κ1) is 13.9. The molecule has 1 unspecified atom stereocenters. The van der Waals surface area contributed by atoms with Gasteiger partial charge in [0.1, 0.15) is 17.1 Å². The fourth-order valence-corrected chi connectivity index (χ4v) is 3.04. The van der Waals surface area contributed by atoms with Crippen LogP contribution in [0.4, 0.5) is 0 Å². The summed E-state index contributed by atoms with van der Waals surface area (Å²) < 4.78 is 18.2. The fourth-order valence-electron chi connectivity index (χ4n) is 3.04. The van der Waals surface area contributed by atoms with Crippen LogP contribution >= 0.6 is 0 Å². The molecular weight excluding hydrogens is 288 g/mol. The van der Waals surface area contributed by atoms with Gasteiger partial charge in [-0.25, -0.2) is 9.67 Å². The van der Waals surface area contributed by atoms with E-state index < -0.39 is 11.9 Å². The first-order valence-corrected chi connectivity index (χ1v) is 7.37. The van der Waals surface area contributed by atoms with Crippen molar-refractivity contribution in [2.24, 2.45) is 0 Å². The van der Waals surface area contributed by atoms with Crippen molar-refractivity contribution in [2.75, 3.05) is 6.61 Å². The van der Waals surface area contributed by atoms with E-state index in [4.69, 9.17) is 13.9 Å². The predicted octanol–water partition coefficient (Wildman–Crippen LogP) is 0.654. The Labute approximate surface area is 127 Å². The maximum absolute atomic E-state index is 10.9. The van der Waals surface area contributed by atoms with Gasteiger partial charge in [-0.3, -0.25) is 0 Å². The van der Waals surface area contributed by atoms with E-state index in [1.165, 1.54) is 0 Å². The number of ether oxygens (including phenoxy) is 2. The number of nitrogens with zero attached hydrogens (tertiary/aromatic N) is 4. The quantitative estimate of drug-likeness (QED) is 0.889. The minimum Gasteiger partial charge on any atom is -0.446 e. The third-order valence-electron chi connectivity index (χ3n) is 4.28. The Morgan fingerprint density at radius 2 is 2.32 bits per heavy atom. The molecule has 2 saturated heterocycles. The molecule has 0 saturated carbocycles. The summed E-state index contributed by atoms with van der Waals surface area (Å²) in [6.07, 6.45) is 2.45. The zero-order chi connectivity index (χ0) is 15.3. The number of aliphatic hydroxyl groups is 1. The van der Waals surface area contributed by atoms with Gasteiger partial charge in [-0.1, -0.05) is 5.21 Å². The molecule has 2 bridgehead atoms. The monoisotopic (exact) mass is 306 g/mol. The highest BCUT2D eigenvalue weighted by Crippen LogP contribution is 2.40. The topological polar surface area (TPSA) is 95.4 Å². The standard InChI is InChI=1S/C14H18N4O4/c1-8-11(15-9(2)21-8)5-18-6-12(16-17-18)14(19)4-3-10-7-20-13(14)22-10/h6,10,13,19H,3-5,7H2,1-2H3/t10-,13+,14?/m0/s1. The molecule has 2 aliphatic heterocycles. The Bertz CT molecular complexity index is 697. The van der Waals surface area contributed by atoms with Crippen LogP contribution in [0.25, 0.3) is 0 Å². The molecular formula is C14H18N4O4. The van der Waals surface area contributed by atoms with E-state index in [1.807, 2.05) is 6.92 Å². The van der Waals surface area contributed by atoms with Crippen LogP contribution in [0.3, 0.4) is 0 Å². The summed E-state index contributed by atoms with van der Waals surface area (Å²) in [5.41, 5.74) is 0.0359. The minimum atomic E-state index is -1.24. The van der Waals surface area contributed by atoms with Gasteiger partial charge in [-0.05, 0) is 19.8 Å². The molecule has 118 valence electrons. The molecule has 0 aromatic carbocycles. The summed E-state index contributed by atoms with van der Waals surface area (Å²) in [5.74, 6) is 1.38. The van der Waals surface area contributed by atoms with Crippen LogP contribution in [-0.4, -0.2) is 44.1 Å². The lowest BCUT2D eigenvalue weighted by Gasteiger charge is -2.34. The SMILES string of the molecule is Cc1nc(Cn2cc(C3(O)CC[C@H]4CO[C@@H]3O4)nn2)c(C)o1. The Balaban J connectivity index is 1.57. The van der Waals surface area contributed by atoms with Crippen molar-refractivity contribution in [3.05, 3.63) is 29.2 Å². The van der Waals surface area contributed by atoms with E-state index in [0.717, 1.165) is 17.9 Å². The van der Waals surface area contributed by atoms with Gasteiger partial charge >= 0.3 is 0 Å². The number of hydrogen-bond donors (Lipinski definition) is 1. The first-order chi connectivity index (χ1) is 10.5. The average molecular weight is 306 g/mol. The maximum Gasteiger partial charge on any atom is 0.192 e. The molecule has 2 aromatic heterocycles. The Kier molecular flexibility index (Phi) is 3.07. The van der Waals surface area contributed by atoms with Crippen LogP contribution in [0.15, 0.2) is 10.6 Å². The van der Waals surface area contributed by atoms with E-state index in [9.17, 15) is 5.11 Å². The van der Waals surface area contributed by atoms with Crippen molar-refractivity contribution in [2.45, 2.75) is 51.2 Å². The highest BCUT2D eigenvalue weighted by molar-refractivity contribution is 5.13. The molecule has 0 spiro atoms. The molecule has 0 aliphatic carbocycles. The van der Waals surface area contributed by atoms with Gasteiger partial charge < -0.3 is 19.0 Å². The van der Waals surface area contributed by atoms with Crippen LogP contribution in [0.2, 0.25) is 0 Å². The molecule has 8 heteroatoms. The summed E-state index contributed by atoms with van der Waals surface area (Å²) in [4.78, 5) is 4.32. The number of aromatic nitrogens is 4. The third kappa shape index (κ3) is 2.15. The summed E-state index contributed by atoms with van der Waals surface area (Å²) >= 11 is 0. The molecule has 2 aromatic rings. The van der Waals surface area contributed by atoms with Crippen LogP contribution in [0.1, 0.15) is 35.9 Å². The Morgan fingerprint density at radius 1 is 1.45 bits per heavy atom. The lowest BCUT2D eigenvalue weighted by atomic mass is 9.90. The van der Waals surface area contributed by atoms with Gasteiger partial charge in [0.25, 0.3) is 0 Å². The molecule has 4 heterocycles. The lowest BCUT2D eigenvalue weighted by Crippen LogP contribution is -2.44. The number of rotatable bonds is 3. The molecule has 3 atom stereocenters. The number of fused-ring (bicyclic) bond motifs is 2. The highest BCUT2D eigenvalue weighted by Gasteiger charge is 2.51. The first-order valence-electron chi connectivity index (χ1n) is 7.37. The Hall–Kier alpha value is -1.77. The second-order valence-corrected chi connectivity index (χ2v) is 5.92. The second-order valence-electron chi connectivity index (χ2n) is 5.92. The van der Waals surface area contributed by atoms with Gasteiger partial charge in [0.15, 0.2) is 17.8 Å². The van der Waals surface area contributed by atoms with E-state index in [1.54, 1.807) is 17.8 Å². The summed E-state index contributed by atoms with van der Waals surface area (Å²) in [6, 6.07) is 0. The zero-order valence-corrected chi connectivity index (χ0v) is 12.5. The van der Waals surface area contributed by atoms with E-state index >= 15 is 0 Å². The van der Waals surface area contributed by atoms with Gasteiger partial charge in [0.05, 0.1) is 25.5 Å². The third-order valence-corrected chi connectivity index (χ3v) is 4.28. The fraction of sp³-hybridized carbons (Fsp3) is 0.643. The van der Waals surface area contributed by atoms with Crippen LogP contribution in [0.5, 0.6) is 0 Å². The number of aryl methyl sites for hydroxylation is 2. The van der Waals surface area contributed by atoms with Crippen molar-refractivity contribution in [3.8, 4) is 0 Å². The second kappa shape index (κ2) is 4.87. The zero-order valence-electron chi connectivity index (χ0n) is 12.5. The largest absolute Gasteiger partial charge is 0.446 e. The number of oxazole rings is 1. The summed E-state index contributed by atoms with van der Waals surface area (Å²) in [7, 11) is 0. The molecule has 1 N–H and O–H groups in total. The maximum atomic E-state index is 10.9. The van der Waals surface area contributed by atoms with Crippen LogP contribution in [0, 0.1) is 13.8 Å². The van der Waals surface area contributed by atoms with E-state index in [0.29, 0.717) is 31.2 Å². The molecule has 2 fully saturated rings. The number of hydrogen-bond acceptors (Lipinski definition) is 7. The molecule has 22 heavy (non-hydrogen) atoms. The van der Waals surface area contributed by atoms with Crippen molar-refractivity contribution < 1.29 is 19.0 Å². The Morgan fingerprint density at radius 3 is 3.09 bits per heavy atom. The molecule has 0 amide bonds. The van der Waals surface area contributed by atoms with Gasteiger partial charge in [-0.15, -0.1) is 5.10 Å². The summed E-state index contributed by atoms with van der Waals surface area (Å²) in [5, 5.41) is 19.1. The van der Waals surface area contributed by atoms with Gasteiger partial charge in [0, 0.05) is 6.92 Å². The molecule has 2 aliphatic rings. The molecule has 4 rings (SSSR count). The van der Waals surface area contributed by atoms with Gasteiger partial charge in [-0.2, -0.15) is 0 Å². The highest BCUT2D eigenvalue weighted by atomic mass is 16.7. The molecule has 0 radical (unpaired) electrons. The predicted molar refractivity (Wildman–Crippen MR) is 72.8 cm³/mol. The smallest absolute Gasteiger partial charge is 0.192 e. The summed E-state index contributed by atoms with van der Waals surface area (Å²) in [6.45, 7) is 4.64. The van der Waals surface area contributed by atoms with Crippen LogP contribution in [-0.2, 0) is 21.6 Å². The minimum absolute atomic E-state index is 0.0843. The van der Waals surface area contributed by atoms with Crippen molar-refractivity contribution in [1.29, 1.82) is 0 Å². The van der Waals surface area contributed by atoms with E-state index in [2.05, 4.69) is 15.3 Å². The van der Waals surface area contributed by atoms with E-state index in [-0.39, 0.29) is 6.10 Å². The van der Waals surface area contributed by atoms with Crippen LogP contribution < -0.4 is 0 Å². The molecule has 8 nitrogen and oxygen atoms in total. The normalized spacial score (nSPS) is 30.9. The van der Waals surface area contributed by atoms with Crippen molar-refractivity contribution >= 4 is 0 Å². The van der Waals surface area contributed by atoms with Gasteiger partial charge in [0.2, 0.25) is 0 Å². The average Bonchev–Trinajstić information content (AvgIpc) is 3.17. The van der Waals surface area contributed by atoms with Crippen molar-refractivity contribution in [1.82, 2.24) is 20.0 Å². The lowest BCUT2D eigenvalue weighted by molar-refractivity contribution is -0.219. The van der Waals surface area contributed by atoms with Crippen molar-refractivity contribution in [3.63, 3.8) is 0 Å².